The molecule has 0 aliphatic carbocycles. The largest absolute Gasteiger partial charge is 0.497 e. The molecule has 2 aromatic heterocycles. The maximum atomic E-state index is 13.0. The molecule has 31 heavy (non-hydrogen) atoms. The molecule has 4 aromatic rings. The molecule has 0 unspecified atom stereocenters. The van der Waals surface area contributed by atoms with Gasteiger partial charge in [-0.25, -0.2) is 10.4 Å². The highest BCUT2D eigenvalue weighted by molar-refractivity contribution is 7.17. The van der Waals surface area contributed by atoms with Gasteiger partial charge >= 0.3 is 0 Å². The number of nitrogens with one attached hydrogen (secondary N) is 1. The van der Waals surface area contributed by atoms with E-state index in [1.165, 1.54) is 11.3 Å². The predicted octanol–water partition coefficient (Wildman–Crippen LogP) is 5.40. The van der Waals surface area contributed by atoms with Crippen LogP contribution < -0.4 is 14.9 Å². The Balaban J connectivity index is 1.75. The van der Waals surface area contributed by atoms with Crippen LogP contribution in [0.3, 0.4) is 0 Å². The Bertz CT molecular complexity index is 1290. The van der Waals surface area contributed by atoms with Gasteiger partial charge in [0.2, 0.25) is 0 Å². The summed E-state index contributed by atoms with van der Waals surface area (Å²) >= 11 is 7.30. The van der Waals surface area contributed by atoms with E-state index in [2.05, 4.69) is 10.5 Å². The zero-order valence-corrected chi connectivity index (χ0v) is 18.3. The third-order valence-electron chi connectivity index (χ3n) is 4.60. The van der Waals surface area contributed by atoms with Crippen LogP contribution in [0.5, 0.6) is 11.5 Å². The van der Waals surface area contributed by atoms with Crippen molar-refractivity contribution in [3.8, 4) is 22.8 Å². The molecule has 1 amide bonds. The van der Waals surface area contributed by atoms with Crippen LogP contribution in [0.1, 0.15) is 15.2 Å². The summed E-state index contributed by atoms with van der Waals surface area (Å²) in [7, 11) is 3.18. The molecule has 0 bridgehead atoms. The standard InChI is InChI=1S/C23H18ClN3O3S/c1-29-14-7-9-21(30-2)18(11-14)20-12-17(16-5-3-4-6-19(16)26-20)23(28)27-25-13-15-8-10-22(24)31-15/h3-13H,1-2H3,(H,27,28). The monoisotopic (exact) mass is 451 g/mol. The van der Waals surface area contributed by atoms with Crippen LogP contribution in [0.4, 0.5) is 0 Å². The Morgan fingerprint density at radius 2 is 1.94 bits per heavy atom. The van der Waals surface area contributed by atoms with E-state index in [0.29, 0.717) is 32.6 Å². The molecule has 0 saturated heterocycles. The average Bonchev–Trinajstić information content (AvgIpc) is 3.22. The lowest BCUT2D eigenvalue weighted by Crippen LogP contribution is -2.18. The number of rotatable bonds is 6. The number of ether oxygens (including phenoxy) is 2. The van der Waals surface area contributed by atoms with Gasteiger partial charge in [-0.1, -0.05) is 29.8 Å². The number of hydrogen-bond acceptors (Lipinski definition) is 6. The van der Waals surface area contributed by atoms with Gasteiger partial charge in [0, 0.05) is 15.8 Å². The quantitative estimate of drug-likeness (QED) is 0.315. The first-order chi connectivity index (χ1) is 15.1. The number of hydrazone groups is 1. The highest BCUT2D eigenvalue weighted by atomic mass is 35.5. The Morgan fingerprint density at radius 3 is 2.68 bits per heavy atom. The Kier molecular flexibility index (Phi) is 6.16. The van der Waals surface area contributed by atoms with Crippen molar-refractivity contribution in [2.24, 2.45) is 5.10 Å². The summed E-state index contributed by atoms with van der Waals surface area (Å²) in [5.41, 5.74) is 5.04. The summed E-state index contributed by atoms with van der Waals surface area (Å²) in [4.78, 5) is 18.6. The zero-order chi connectivity index (χ0) is 21.8. The first-order valence-corrected chi connectivity index (χ1v) is 10.5. The first kappa shape index (κ1) is 20.8. The van der Waals surface area contributed by atoms with Crippen molar-refractivity contribution in [3.63, 3.8) is 0 Å². The van der Waals surface area contributed by atoms with Gasteiger partial charge < -0.3 is 9.47 Å². The van der Waals surface area contributed by atoms with Crippen LogP contribution in [0.15, 0.2) is 65.8 Å². The van der Waals surface area contributed by atoms with E-state index >= 15 is 0 Å². The normalized spacial score (nSPS) is 11.1. The van der Waals surface area contributed by atoms with E-state index in [4.69, 9.17) is 26.1 Å². The van der Waals surface area contributed by atoms with Crippen LogP contribution in [-0.4, -0.2) is 31.3 Å². The Morgan fingerprint density at radius 1 is 1.10 bits per heavy atom. The van der Waals surface area contributed by atoms with Gasteiger partial charge in [-0.05, 0) is 42.5 Å². The van der Waals surface area contributed by atoms with E-state index in [1.807, 2.05) is 42.5 Å². The summed E-state index contributed by atoms with van der Waals surface area (Å²) in [6, 6.07) is 18.2. The molecule has 6 nitrogen and oxygen atoms in total. The molecule has 0 atom stereocenters. The van der Waals surface area contributed by atoms with Crippen molar-refractivity contribution >= 4 is 46.0 Å². The maximum Gasteiger partial charge on any atom is 0.272 e. The molecule has 156 valence electrons. The summed E-state index contributed by atoms with van der Waals surface area (Å²) in [5.74, 6) is 0.944. The molecule has 0 saturated carbocycles. The van der Waals surface area contributed by atoms with Gasteiger partial charge in [0.1, 0.15) is 11.5 Å². The zero-order valence-electron chi connectivity index (χ0n) is 16.8. The lowest BCUT2D eigenvalue weighted by Gasteiger charge is -2.13. The third-order valence-corrected chi connectivity index (χ3v) is 5.76. The number of amides is 1. The second kappa shape index (κ2) is 9.16. The van der Waals surface area contributed by atoms with Crippen molar-refractivity contribution in [1.82, 2.24) is 10.4 Å². The highest BCUT2D eigenvalue weighted by Crippen LogP contribution is 2.34. The predicted molar refractivity (Wildman–Crippen MR) is 125 cm³/mol. The fourth-order valence-electron chi connectivity index (χ4n) is 3.13. The van der Waals surface area contributed by atoms with Crippen molar-refractivity contribution in [2.45, 2.75) is 0 Å². The minimum Gasteiger partial charge on any atom is -0.497 e. The first-order valence-electron chi connectivity index (χ1n) is 9.30. The highest BCUT2D eigenvalue weighted by Gasteiger charge is 2.16. The van der Waals surface area contributed by atoms with Crippen molar-refractivity contribution in [3.05, 3.63) is 75.4 Å². The fourth-order valence-corrected chi connectivity index (χ4v) is 4.06. The van der Waals surface area contributed by atoms with Gasteiger partial charge in [-0.3, -0.25) is 4.79 Å². The average molecular weight is 452 g/mol. The van der Waals surface area contributed by atoms with Crippen molar-refractivity contribution in [1.29, 1.82) is 0 Å². The molecule has 0 radical (unpaired) electrons. The molecule has 2 heterocycles. The Labute approximate surface area is 188 Å². The number of carbonyl (C=O) groups is 1. The van der Waals surface area contributed by atoms with Crippen LogP contribution in [0, 0.1) is 0 Å². The molecule has 4 rings (SSSR count). The van der Waals surface area contributed by atoms with Crippen LogP contribution in [0.2, 0.25) is 4.34 Å². The van der Waals surface area contributed by atoms with Crippen molar-refractivity contribution < 1.29 is 14.3 Å². The summed E-state index contributed by atoms with van der Waals surface area (Å²) in [5, 5.41) is 4.79. The van der Waals surface area contributed by atoms with Crippen LogP contribution in [-0.2, 0) is 0 Å². The number of aromatic nitrogens is 1. The summed E-state index contributed by atoms with van der Waals surface area (Å²) in [6.45, 7) is 0. The molecular weight excluding hydrogens is 434 g/mol. The molecule has 8 heteroatoms. The van der Waals surface area contributed by atoms with Gasteiger partial charge in [0.15, 0.2) is 0 Å². The Hall–Kier alpha value is -3.42. The van der Waals surface area contributed by atoms with E-state index < -0.39 is 0 Å². The minimum absolute atomic E-state index is 0.347. The number of fused-ring (bicyclic) bond motifs is 1. The topological polar surface area (TPSA) is 72.8 Å². The van der Waals surface area contributed by atoms with Gasteiger partial charge in [0.05, 0.1) is 41.5 Å². The van der Waals surface area contributed by atoms with E-state index in [-0.39, 0.29) is 5.91 Å². The van der Waals surface area contributed by atoms with Crippen LogP contribution in [0.25, 0.3) is 22.2 Å². The maximum absolute atomic E-state index is 13.0. The smallest absolute Gasteiger partial charge is 0.272 e. The number of benzene rings is 2. The fraction of sp³-hybridized carbons (Fsp3) is 0.0870. The van der Waals surface area contributed by atoms with Gasteiger partial charge in [0.25, 0.3) is 5.91 Å². The number of para-hydroxylation sites is 1. The SMILES string of the molecule is COc1ccc(OC)c(-c2cc(C(=O)NN=Cc3ccc(Cl)s3)c3ccccc3n2)c1. The number of pyridine rings is 1. The van der Waals surface area contributed by atoms with E-state index in [9.17, 15) is 4.79 Å². The number of nitrogens with zero attached hydrogens (tertiary/aromatic N) is 2. The number of hydrogen-bond donors (Lipinski definition) is 1. The van der Waals surface area contributed by atoms with E-state index in [1.54, 1.807) is 38.6 Å². The van der Waals surface area contributed by atoms with E-state index in [0.717, 1.165) is 15.8 Å². The second-order valence-electron chi connectivity index (χ2n) is 6.48. The van der Waals surface area contributed by atoms with Gasteiger partial charge in [-0.15, -0.1) is 11.3 Å². The summed E-state index contributed by atoms with van der Waals surface area (Å²) < 4.78 is 11.5. The minimum atomic E-state index is -0.347. The number of halogens is 1. The molecule has 0 fully saturated rings. The lowest BCUT2D eigenvalue weighted by molar-refractivity contribution is 0.0956. The lowest BCUT2D eigenvalue weighted by atomic mass is 10.0. The third kappa shape index (κ3) is 4.52. The van der Waals surface area contributed by atoms with Crippen LogP contribution >= 0.6 is 22.9 Å². The second-order valence-corrected chi connectivity index (χ2v) is 8.23. The summed E-state index contributed by atoms with van der Waals surface area (Å²) in [6.07, 6.45) is 1.56. The molecular formula is C23H18ClN3O3S. The molecule has 0 aliphatic heterocycles. The number of thiophene rings is 1. The molecule has 2 aromatic carbocycles. The number of carbonyl (C=O) groups excluding carboxylic acids is 1. The van der Waals surface area contributed by atoms with Gasteiger partial charge in [-0.2, -0.15) is 5.10 Å². The number of methoxy groups -OCH3 is 2. The molecule has 0 aliphatic rings. The molecule has 1 N–H and O–H groups in total. The molecule has 0 spiro atoms. The van der Waals surface area contributed by atoms with Crippen molar-refractivity contribution in [2.75, 3.05) is 14.2 Å².